The third-order valence-corrected chi connectivity index (χ3v) is 3.92. The minimum Gasteiger partial charge on any atom is -0.490 e. The van der Waals surface area contributed by atoms with Crippen LogP contribution in [-0.2, 0) is 12.3 Å². The number of alkyl halides is 1. The number of benzene rings is 1. The number of halogens is 2. The molecule has 0 radical (unpaired) electrons. The van der Waals surface area contributed by atoms with E-state index in [9.17, 15) is 4.39 Å². The van der Waals surface area contributed by atoms with Crippen molar-refractivity contribution < 1.29 is 9.13 Å². The van der Waals surface area contributed by atoms with E-state index < -0.39 is 0 Å². The summed E-state index contributed by atoms with van der Waals surface area (Å²) in [7, 11) is 0. The first-order valence-corrected chi connectivity index (χ1v) is 7.49. The molecule has 2 nitrogen and oxygen atoms in total. The van der Waals surface area contributed by atoms with Crippen molar-refractivity contribution >= 4 is 22.9 Å². The van der Waals surface area contributed by atoms with Crippen LogP contribution < -0.4 is 4.74 Å². The summed E-state index contributed by atoms with van der Waals surface area (Å²) in [6.07, 6.45) is 1.64. The van der Waals surface area contributed by atoms with E-state index in [0.717, 1.165) is 23.5 Å². The molecule has 0 saturated heterocycles. The molecule has 0 aliphatic carbocycles. The molecule has 0 aliphatic heterocycles. The lowest BCUT2D eigenvalue weighted by atomic mass is 10.2. The second kappa shape index (κ2) is 6.87. The minimum atomic E-state index is -0.277. The van der Waals surface area contributed by atoms with E-state index in [1.807, 2.05) is 5.38 Å². The van der Waals surface area contributed by atoms with E-state index in [0.29, 0.717) is 23.8 Å². The third-order valence-electron chi connectivity index (χ3n) is 2.69. The molecule has 1 aromatic carbocycles. The van der Waals surface area contributed by atoms with Crippen LogP contribution in [-0.4, -0.2) is 11.6 Å². The molecule has 0 bridgehead atoms. The molecule has 0 spiro atoms. The molecular formula is C14H15ClFNOS. The van der Waals surface area contributed by atoms with Crippen molar-refractivity contribution in [3.63, 3.8) is 0 Å². The fourth-order valence-electron chi connectivity index (χ4n) is 1.66. The van der Waals surface area contributed by atoms with E-state index in [1.165, 1.54) is 0 Å². The van der Waals surface area contributed by atoms with Crippen LogP contribution in [0.3, 0.4) is 0 Å². The normalized spacial score (nSPS) is 10.7. The lowest BCUT2D eigenvalue weighted by Gasteiger charge is -2.07. The molecule has 0 fully saturated rings. The van der Waals surface area contributed by atoms with Gasteiger partial charge in [-0.1, -0.05) is 12.1 Å². The van der Waals surface area contributed by atoms with Crippen molar-refractivity contribution in [3.05, 3.63) is 45.7 Å². The van der Waals surface area contributed by atoms with Crippen LogP contribution in [0.4, 0.5) is 4.39 Å². The summed E-state index contributed by atoms with van der Waals surface area (Å²) in [6.45, 7) is 2.21. The van der Waals surface area contributed by atoms with Gasteiger partial charge in [0.1, 0.15) is 0 Å². The van der Waals surface area contributed by atoms with Crippen LogP contribution in [0.15, 0.2) is 23.6 Å². The van der Waals surface area contributed by atoms with Gasteiger partial charge in [0.05, 0.1) is 23.2 Å². The standard InChI is InChI=1S/C14H15ClFNOS/c1-10-4-2-5-12(14(10)16)18-7-3-6-13-17-11(8-15)9-19-13/h2,4-5,9H,3,6-8H2,1H3. The predicted molar refractivity (Wildman–Crippen MR) is 76.6 cm³/mol. The third kappa shape index (κ3) is 3.91. The summed E-state index contributed by atoms with van der Waals surface area (Å²) in [6, 6.07) is 5.17. The molecule has 1 aromatic heterocycles. The van der Waals surface area contributed by atoms with Crippen molar-refractivity contribution in [2.75, 3.05) is 6.61 Å². The summed E-state index contributed by atoms with van der Waals surface area (Å²) in [4.78, 5) is 4.36. The quantitative estimate of drug-likeness (QED) is 0.585. The zero-order valence-corrected chi connectivity index (χ0v) is 12.2. The fraction of sp³-hybridized carbons (Fsp3) is 0.357. The number of nitrogens with zero attached hydrogens (tertiary/aromatic N) is 1. The molecule has 1 heterocycles. The summed E-state index contributed by atoms with van der Waals surface area (Å²) < 4.78 is 19.1. The van der Waals surface area contributed by atoms with Crippen LogP contribution >= 0.6 is 22.9 Å². The maximum absolute atomic E-state index is 13.7. The molecule has 19 heavy (non-hydrogen) atoms. The molecule has 2 aromatic rings. The van der Waals surface area contributed by atoms with Gasteiger partial charge >= 0.3 is 0 Å². The Morgan fingerprint density at radius 1 is 1.42 bits per heavy atom. The molecule has 0 unspecified atom stereocenters. The van der Waals surface area contributed by atoms with Gasteiger partial charge in [0.25, 0.3) is 0 Å². The summed E-state index contributed by atoms with van der Waals surface area (Å²) >= 11 is 7.29. The summed E-state index contributed by atoms with van der Waals surface area (Å²) in [5.41, 5.74) is 1.51. The molecule has 5 heteroatoms. The zero-order chi connectivity index (χ0) is 13.7. The van der Waals surface area contributed by atoms with Crippen LogP contribution in [0.5, 0.6) is 5.75 Å². The van der Waals surface area contributed by atoms with Gasteiger partial charge in [0, 0.05) is 11.8 Å². The Kier molecular flexibility index (Phi) is 5.16. The Morgan fingerprint density at radius 2 is 2.26 bits per heavy atom. The highest BCUT2D eigenvalue weighted by Crippen LogP contribution is 2.20. The SMILES string of the molecule is Cc1cccc(OCCCc2nc(CCl)cs2)c1F. The Labute approximate surface area is 121 Å². The Balaban J connectivity index is 1.79. The highest BCUT2D eigenvalue weighted by molar-refractivity contribution is 7.09. The molecule has 0 saturated carbocycles. The van der Waals surface area contributed by atoms with Crippen molar-refractivity contribution in [2.24, 2.45) is 0 Å². The first-order valence-electron chi connectivity index (χ1n) is 6.08. The van der Waals surface area contributed by atoms with E-state index in [2.05, 4.69) is 4.98 Å². The maximum Gasteiger partial charge on any atom is 0.167 e. The minimum absolute atomic E-state index is 0.277. The van der Waals surface area contributed by atoms with Gasteiger partial charge in [-0.05, 0) is 25.0 Å². The second-order valence-electron chi connectivity index (χ2n) is 4.21. The highest BCUT2D eigenvalue weighted by Gasteiger charge is 2.06. The van der Waals surface area contributed by atoms with Gasteiger partial charge < -0.3 is 4.74 Å². The molecule has 0 atom stereocenters. The van der Waals surface area contributed by atoms with Gasteiger partial charge in [0.15, 0.2) is 11.6 Å². The van der Waals surface area contributed by atoms with E-state index in [4.69, 9.17) is 16.3 Å². The van der Waals surface area contributed by atoms with E-state index >= 15 is 0 Å². The number of hydrogen-bond acceptors (Lipinski definition) is 3. The smallest absolute Gasteiger partial charge is 0.167 e. The first kappa shape index (κ1) is 14.3. The second-order valence-corrected chi connectivity index (χ2v) is 5.42. The average molecular weight is 300 g/mol. The Hall–Kier alpha value is -1.13. The van der Waals surface area contributed by atoms with E-state index in [-0.39, 0.29) is 5.82 Å². The number of aromatic nitrogens is 1. The van der Waals surface area contributed by atoms with Crippen molar-refractivity contribution in [3.8, 4) is 5.75 Å². The van der Waals surface area contributed by atoms with Crippen LogP contribution in [0.25, 0.3) is 0 Å². The number of ether oxygens (including phenoxy) is 1. The molecule has 0 aliphatic rings. The van der Waals surface area contributed by atoms with Gasteiger partial charge in [-0.2, -0.15) is 0 Å². The summed E-state index contributed by atoms with van der Waals surface area (Å²) in [5.74, 6) is 0.489. The van der Waals surface area contributed by atoms with Crippen molar-refractivity contribution in [1.82, 2.24) is 4.98 Å². The van der Waals surface area contributed by atoms with Gasteiger partial charge in [-0.25, -0.2) is 9.37 Å². The van der Waals surface area contributed by atoms with Crippen LogP contribution in [0.2, 0.25) is 0 Å². The molecule has 2 rings (SSSR count). The largest absolute Gasteiger partial charge is 0.490 e. The Bertz CT molecular complexity index is 544. The van der Waals surface area contributed by atoms with Gasteiger partial charge in [-0.3, -0.25) is 0 Å². The number of thiazole rings is 1. The van der Waals surface area contributed by atoms with Gasteiger partial charge in [-0.15, -0.1) is 22.9 Å². The number of rotatable bonds is 6. The lowest BCUT2D eigenvalue weighted by molar-refractivity contribution is 0.295. The number of aryl methyl sites for hydroxylation is 2. The average Bonchev–Trinajstić information content (AvgIpc) is 2.87. The van der Waals surface area contributed by atoms with Crippen LogP contribution in [0, 0.1) is 12.7 Å². The van der Waals surface area contributed by atoms with Crippen molar-refractivity contribution in [2.45, 2.75) is 25.6 Å². The Morgan fingerprint density at radius 3 is 3.00 bits per heavy atom. The zero-order valence-electron chi connectivity index (χ0n) is 10.7. The van der Waals surface area contributed by atoms with Crippen LogP contribution in [0.1, 0.15) is 22.7 Å². The predicted octanol–water partition coefficient (Wildman–Crippen LogP) is 4.34. The molecule has 102 valence electrons. The molecule has 0 amide bonds. The first-order chi connectivity index (χ1) is 9.20. The number of hydrogen-bond donors (Lipinski definition) is 0. The molecular weight excluding hydrogens is 285 g/mol. The maximum atomic E-state index is 13.7. The summed E-state index contributed by atoms with van der Waals surface area (Å²) in [5, 5.41) is 3.01. The van der Waals surface area contributed by atoms with Crippen molar-refractivity contribution in [1.29, 1.82) is 0 Å². The van der Waals surface area contributed by atoms with Gasteiger partial charge in [0.2, 0.25) is 0 Å². The van der Waals surface area contributed by atoms with E-state index in [1.54, 1.807) is 36.5 Å². The lowest BCUT2D eigenvalue weighted by Crippen LogP contribution is -2.01. The molecule has 0 N–H and O–H groups in total. The highest BCUT2D eigenvalue weighted by atomic mass is 35.5. The topological polar surface area (TPSA) is 22.1 Å². The monoisotopic (exact) mass is 299 g/mol. The fourth-order valence-corrected chi connectivity index (χ4v) is 2.73.